The van der Waals surface area contributed by atoms with Gasteiger partial charge >= 0.3 is 12.2 Å². The van der Waals surface area contributed by atoms with Crippen molar-refractivity contribution < 1.29 is 44.6 Å². The van der Waals surface area contributed by atoms with Crippen LogP contribution in [-0.2, 0) is 18.6 Å². The fourth-order valence-corrected chi connectivity index (χ4v) is 2.96. The number of aryl methyl sites for hydroxylation is 1. The summed E-state index contributed by atoms with van der Waals surface area (Å²) >= 11 is 0. The number of rotatable bonds is 8. The molecule has 0 spiro atoms. The van der Waals surface area contributed by atoms with Gasteiger partial charge < -0.3 is 9.47 Å². The van der Waals surface area contributed by atoms with Crippen LogP contribution in [0.2, 0.25) is 0 Å². The van der Waals surface area contributed by atoms with E-state index in [1.54, 1.807) is 0 Å². The lowest BCUT2D eigenvalue weighted by Crippen LogP contribution is -2.24. The molecule has 0 saturated heterocycles. The van der Waals surface area contributed by atoms with Gasteiger partial charge in [-0.05, 0) is 48.4 Å². The summed E-state index contributed by atoms with van der Waals surface area (Å²) in [6, 6.07) is 6.50. The van der Waals surface area contributed by atoms with Gasteiger partial charge in [0.1, 0.15) is 17.3 Å². The van der Waals surface area contributed by atoms with Crippen LogP contribution in [0.5, 0.6) is 11.5 Å². The van der Waals surface area contributed by atoms with Crippen LogP contribution in [0, 0.1) is 23.3 Å². The van der Waals surface area contributed by atoms with E-state index in [0.29, 0.717) is 30.5 Å². The summed E-state index contributed by atoms with van der Waals surface area (Å²) in [5.74, 6) is -8.06. The van der Waals surface area contributed by atoms with E-state index in [4.69, 9.17) is 0 Å². The van der Waals surface area contributed by atoms with E-state index in [-0.39, 0.29) is 12.1 Å². The van der Waals surface area contributed by atoms with Crippen LogP contribution in [0.15, 0.2) is 54.6 Å². The topological polar surface area (TPSA) is 18.5 Å². The Morgan fingerprint density at radius 3 is 1.79 bits per heavy atom. The zero-order valence-electron chi connectivity index (χ0n) is 17.0. The predicted molar refractivity (Wildman–Crippen MR) is 102 cm³/mol. The monoisotopic (exact) mass is 476 g/mol. The third kappa shape index (κ3) is 5.55. The zero-order valence-corrected chi connectivity index (χ0v) is 17.0. The van der Waals surface area contributed by atoms with Gasteiger partial charge in [0.25, 0.3) is 0 Å². The lowest BCUT2D eigenvalue weighted by molar-refractivity contribution is -0.188. The largest absolute Gasteiger partial charge is 0.429 e. The average molecular weight is 476 g/mol. The van der Waals surface area contributed by atoms with Gasteiger partial charge in [-0.25, -0.2) is 17.6 Å². The van der Waals surface area contributed by atoms with Crippen LogP contribution in [0.4, 0.5) is 35.1 Å². The Hall–Kier alpha value is -3.30. The molecule has 0 bridgehead atoms. The smallest absolute Gasteiger partial charge is 0.429 e. The van der Waals surface area contributed by atoms with Gasteiger partial charge in [-0.2, -0.15) is 17.6 Å². The molecule has 0 aliphatic heterocycles. The summed E-state index contributed by atoms with van der Waals surface area (Å²) in [6.07, 6.45) is -7.06. The Morgan fingerprint density at radius 2 is 1.24 bits per heavy atom. The van der Waals surface area contributed by atoms with Gasteiger partial charge in [-0.3, -0.25) is 0 Å². The molecule has 0 fully saturated rings. The van der Waals surface area contributed by atoms with Crippen molar-refractivity contribution in [3.8, 4) is 11.5 Å². The highest BCUT2D eigenvalue weighted by Gasteiger charge is 2.39. The molecule has 0 heterocycles. The minimum absolute atomic E-state index is 0.227. The van der Waals surface area contributed by atoms with E-state index in [1.165, 1.54) is 6.07 Å². The molecule has 0 amide bonds. The molecular weight excluding hydrogens is 460 g/mol. The standard InChI is InChI=1S/C23H16F8O2/c1-2-3-13-4-9-17(18(24)10-13)23(30,31)32-15-7-5-14(6-8-15)22(28,29)33-16-11-19(25)21(27)20(26)12-16/h4-12H,2-3H2,1H3. The van der Waals surface area contributed by atoms with Crippen molar-refractivity contribution in [2.75, 3.05) is 0 Å². The fourth-order valence-electron chi connectivity index (χ4n) is 2.96. The second-order valence-corrected chi connectivity index (χ2v) is 7.03. The molecule has 3 rings (SSSR count). The van der Waals surface area contributed by atoms with Crippen LogP contribution in [0.3, 0.4) is 0 Å². The maximum atomic E-state index is 14.4. The van der Waals surface area contributed by atoms with E-state index in [9.17, 15) is 35.1 Å². The first kappa shape index (κ1) is 24.3. The number of halogens is 8. The summed E-state index contributed by atoms with van der Waals surface area (Å²) < 4.78 is 120. The summed E-state index contributed by atoms with van der Waals surface area (Å²) in [6.45, 7) is 1.85. The Labute approximate surface area is 183 Å². The van der Waals surface area contributed by atoms with Gasteiger partial charge in [0.05, 0.1) is 11.1 Å². The molecule has 0 aromatic heterocycles. The summed E-state index contributed by atoms with van der Waals surface area (Å²) in [7, 11) is 0. The van der Waals surface area contributed by atoms with Crippen LogP contribution in [0.25, 0.3) is 0 Å². The average Bonchev–Trinajstić information content (AvgIpc) is 2.72. The molecule has 176 valence electrons. The molecule has 3 aromatic rings. The summed E-state index contributed by atoms with van der Waals surface area (Å²) in [5, 5.41) is 0. The van der Waals surface area contributed by atoms with Gasteiger partial charge in [-0.1, -0.05) is 19.4 Å². The normalized spacial score (nSPS) is 12.0. The number of alkyl halides is 4. The molecule has 33 heavy (non-hydrogen) atoms. The van der Waals surface area contributed by atoms with Crippen LogP contribution < -0.4 is 9.47 Å². The van der Waals surface area contributed by atoms with Crippen molar-refractivity contribution in [2.45, 2.75) is 32.0 Å². The lowest BCUT2D eigenvalue weighted by Gasteiger charge is -2.21. The Kier molecular flexibility index (Phi) is 6.85. The van der Waals surface area contributed by atoms with E-state index >= 15 is 0 Å². The lowest BCUT2D eigenvalue weighted by atomic mass is 10.1. The summed E-state index contributed by atoms with van der Waals surface area (Å²) in [4.78, 5) is 0. The second kappa shape index (κ2) is 9.29. The van der Waals surface area contributed by atoms with Crippen molar-refractivity contribution in [1.29, 1.82) is 0 Å². The third-order valence-electron chi connectivity index (χ3n) is 4.53. The number of ether oxygens (including phenoxy) is 2. The van der Waals surface area contributed by atoms with Gasteiger partial charge in [0.2, 0.25) is 0 Å². The Morgan fingerprint density at radius 1 is 0.667 bits per heavy atom. The minimum Gasteiger partial charge on any atom is -0.429 e. The van der Waals surface area contributed by atoms with Crippen molar-refractivity contribution in [3.63, 3.8) is 0 Å². The molecule has 0 radical (unpaired) electrons. The highest BCUT2D eigenvalue weighted by Crippen LogP contribution is 2.36. The second-order valence-electron chi connectivity index (χ2n) is 7.03. The first-order chi connectivity index (χ1) is 15.4. The molecule has 2 nitrogen and oxygen atoms in total. The van der Waals surface area contributed by atoms with Crippen molar-refractivity contribution in [3.05, 3.63) is 94.6 Å². The SMILES string of the molecule is CCCc1ccc(C(F)(F)Oc2ccc(C(F)(F)Oc3cc(F)c(F)c(F)c3)cc2)c(F)c1. The Balaban J connectivity index is 1.76. The Bertz CT molecular complexity index is 1110. The quantitative estimate of drug-likeness (QED) is 0.248. The molecular formula is C23H16F8O2. The first-order valence-corrected chi connectivity index (χ1v) is 9.60. The van der Waals surface area contributed by atoms with Crippen molar-refractivity contribution in [2.24, 2.45) is 0 Å². The highest BCUT2D eigenvalue weighted by atomic mass is 19.3. The van der Waals surface area contributed by atoms with E-state index in [0.717, 1.165) is 24.3 Å². The molecule has 10 heteroatoms. The van der Waals surface area contributed by atoms with E-state index in [2.05, 4.69) is 9.47 Å². The van der Waals surface area contributed by atoms with Gasteiger partial charge in [-0.15, -0.1) is 0 Å². The number of hydrogen-bond donors (Lipinski definition) is 0. The molecule has 0 aliphatic rings. The van der Waals surface area contributed by atoms with Crippen molar-refractivity contribution >= 4 is 0 Å². The van der Waals surface area contributed by atoms with Crippen LogP contribution in [0.1, 0.15) is 30.0 Å². The number of hydrogen-bond acceptors (Lipinski definition) is 2. The molecule has 3 aromatic carbocycles. The van der Waals surface area contributed by atoms with Gasteiger partial charge in [0, 0.05) is 12.1 Å². The highest BCUT2D eigenvalue weighted by molar-refractivity contribution is 5.33. The maximum absolute atomic E-state index is 14.4. The zero-order chi connectivity index (χ0) is 24.4. The van der Waals surface area contributed by atoms with Crippen LogP contribution in [-0.4, -0.2) is 0 Å². The predicted octanol–water partition coefficient (Wildman–Crippen LogP) is 7.45. The van der Waals surface area contributed by atoms with Crippen LogP contribution >= 0.6 is 0 Å². The molecule has 0 N–H and O–H groups in total. The van der Waals surface area contributed by atoms with E-state index in [1.807, 2.05) is 6.92 Å². The van der Waals surface area contributed by atoms with E-state index < -0.39 is 58.1 Å². The maximum Gasteiger partial charge on any atom is 0.429 e. The first-order valence-electron chi connectivity index (χ1n) is 9.60. The minimum atomic E-state index is -4.15. The summed E-state index contributed by atoms with van der Waals surface area (Å²) in [5.41, 5.74) is -1.37. The van der Waals surface area contributed by atoms with Gasteiger partial charge in [0.15, 0.2) is 17.5 Å². The molecule has 0 aliphatic carbocycles. The van der Waals surface area contributed by atoms with Crippen molar-refractivity contribution in [1.82, 2.24) is 0 Å². The molecule has 0 saturated carbocycles. The fraction of sp³-hybridized carbons (Fsp3) is 0.217. The third-order valence-corrected chi connectivity index (χ3v) is 4.53. The molecule has 0 unspecified atom stereocenters. The number of benzene rings is 3. The molecule has 0 atom stereocenters.